The van der Waals surface area contributed by atoms with Crippen molar-refractivity contribution in [1.29, 1.82) is 0 Å². The monoisotopic (exact) mass is 897 g/mol. The van der Waals surface area contributed by atoms with Gasteiger partial charge in [-0.2, -0.15) is 0 Å². The third-order valence-corrected chi connectivity index (χ3v) is 12.2. The van der Waals surface area contributed by atoms with Gasteiger partial charge in [0.2, 0.25) is 41.8 Å². The molecule has 1 fully saturated rings. The summed E-state index contributed by atoms with van der Waals surface area (Å²) >= 11 is 0. The van der Waals surface area contributed by atoms with E-state index in [4.69, 9.17) is 4.52 Å². The minimum atomic E-state index is -1.54. The molecule has 6 N–H and O–H groups in total. The van der Waals surface area contributed by atoms with Crippen molar-refractivity contribution < 1.29 is 47.5 Å². The van der Waals surface area contributed by atoms with Crippen molar-refractivity contribution in [1.82, 2.24) is 36.1 Å². The number of nitrogens with one attached hydrogen (secondary N) is 5. The van der Waals surface area contributed by atoms with Crippen LogP contribution in [-0.2, 0) is 63.8 Å². The number of aryl methyl sites for hydroxylation is 3. The molecular formula is C45H70N8O9P+. The highest BCUT2D eigenvalue weighted by molar-refractivity contribution is 7.17. The zero-order valence-corrected chi connectivity index (χ0v) is 38.4. The average Bonchev–Trinajstić information content (AvgIpc) is 3.91. The number of imidazole rings is 1. The number of unbranched alkanes of at least 4 members (excludes halogenated alkanes) is 5. The Kier molecular flexibility index (Phi) is 21.7. The number of hydrogen-bond acceptors (Lipinski definition) is 9. The maximum Gasteiger partial charge on any atom is 0.327 e. The number of fused-ring (bicyclic) bond motifs is 2. The Labute approximate surface area is 373 Å². The van der Waals surface area contributed by atoms with Gasteiger partial charge in [-0.3, -0.25) is 33.3 Å². The maximum absolute atomic E-state index is 14.3. The predicted octanol–water partition coefficient (Wildman–Crippen LogP) is 2.80. The summed E-state index contributed by atoms with van der Waals surface area (Å²) < 4.78 is 20.5. The Morgan fingerprint density at radius 3 is 2.37 bits per heavy atom. The molecule has 1 saturated heterocycles. The normalized spacial score (nSPS) is 21.4. The molecule has 1 aromatic carbocycles. The van der Waals surface area contributed by atoms with Crippen molar-refractivity contribution >= 4 is 44.1 Å². The molecule has 2 bridgehead atoms. The van der Waals surface area contributed by atoms with E-state index in [9.17, 15) is 38.4 Å². The van der Waals surface area contributed by atoms with Crippen LogP contribution in [0.2, 0.25) is 0 Å². The second-order valence-corrected chi connectivity index (χ2v) is 17.7. The highest BCUT2D eigenvalue weighted by Crippen LogP contribution is 2.19. The lowest BCUT2D eigenvalue weighted by Crippen LogP contribution is -2.61. The van der Waals surface area contributed by atoms with Gasteiger partial charge in [0.1, 0.15) is 42.1 Å². The van der Waals surface area contributed by atoms with Gasteiger partial charge in [-0.25, -0.2) is 13.7 Å². The Morgan fingerprint density at radius 1 is 0.937 bits per heavy atom. The molecule has 6 atom stereocenters. The molecular weight excluding hydrogens is 828 g/mol. The van der Waals surface area contributed by atoms with Gasteiger partial charge in [0.25, 0.3) is 0 Å². The fourth-order valence-electron chi connectivity index (χ4n) is 8.25. The summed E-state index contributed by atoms with van der Waals surface area (Å²) in [7, 11) is -0.703. The van der Waals surface area contributed by atoms with Crippen LogP contribution in [0.1, 0.15) is 116 Å². The van der Waals surface area contributed by atoms with E-state index in [-0.39, 0.29) is 24.7 Å². The Balaban J connectivity index is 1.58. The maximum atomic E-state index is 14.3. The van der Waals surface area contributed by atoms with Gasteiger partial charge in [-0.05, 0) is 82.6 Å². The zero-order valence-electron chi connectivity index (χ0n) is 37.5. The predicted molar refractivity (Wildman–Crippen MR) is 236 cm³/mol. The van der Waals surface area contributed by atoms with Crippen molar-refractivity contribution in [3.63, 3.8) is 0 Å². The van der Waals surface area contributed by atoms with Gasteiger partial charge in [0, 0.05) is 26.4 Å². The van der Waals surface area contributed by atoms with Crippen LogP contribution in [0.5, 0.6) is 0 Å². The third kappa shape index (κ3) is 16.7. The molecule has 17 nitrogen and oxygen atoms in total. The number of carbonyl (C=O) groups excluding carboxylic acids is 6. The smallest absolute Gasteiger partial charge is 0.327 e. The first-order valence-corrected chi connectivity index (χ1v) is 23.5. The van der Waals surface area contributed by atoms with E-state index in [0.29, 0.717) is 45.4 Å². The molecule has 0 spiro atoms. The van der Waals surface area contributed by atoms with E-state index in [2.05, 4.69) is 60.0 Å². The molecule has 0 aliphatic carbocycles. The Bertz CT molecular complexity index is 1810. The number of amides is 6. The summed E-state index contributed by atoms with van der Waals surface area (Å²) in [5, 5.41) is 24.0. The number of aliphatic hydroxyl groups is 1. The molecule has 4 rings (SSSR count). The van der Waals surface area contributed by atoms with E-state index in [1.54, 1.807) is 0 Å². The van der Waals surface area contributed by atoms with Crippen LogP contribution in [0, 0.1) is 5.92 Å². The first-order chi connectivity index (χ1) is 30.3. The van der Waals surface area contributed by atoms with E-state index in [0.717, 1.165) is 63.5 Å². The molecule has 2 aliphatic heterocycles. The fraction of sp³-hybridized carbons (Fsp3) is 0.667. The number of benzene rings is 1. The number of aromatic nitrogens is 2. The summed E-state index contributed by atoms with van der Waals surface area (Å²) in [6.45, 7) is 7.95. The van der Waals surface area contributed by atoms with Crippen molar-refractivity contribution in [3.05, 3.63) is 54.1 Å². The highest BCUT2D eigenvalue weighted by atomic mass is 31.1. The van der Waals surface area contributed by atoms with Crippen LogP contribution in [0.15, 0.2) is 42.9 Å². The average molecular weight is 898 g/mol. The van der Waals surface area contributed by atoms with Crippen LogP contribution in [-0.4, -0.2) is 106 Å². The quantitative estimate of drug-likeness (QED) is 0.0693. The lowest BCUT2D eigenvalue weighted by molar-refractivity contribution is -0.697. The number of aliphatic hydroxyl groups excluding tert-OH is 1. The number of nitrogens with zero attached hydrogens (tertiary/aromatic N) is 3. The molecule has 2 aromatic rings. The molecule has 2 aliphatic rings. The Morgan fingerprint density at radius 2 is 1.67 bits per heavy atom. The van der Waals surface area contributed by atoms with Crippen molar-refractivity contribution in [2.75, 3.05) is 19.7 Å². The van der Waals surface area contributed by atoms with E-state index < -0.39 is 81.1 Å². The molecule has 0 saturated carbocycles. The highest BCUT2D eigenvalue weighted by Gasteiger charge is 2.37. The molecule has 63 heavy (non-hydrogen) atoms. The molecule has 3 heterocycles. The SMILES string of the molecule is CC(=O)N1CCC[C@H]1C(=O)N[C@@H](CC(C)C)C(=O)NC1Cc2c[n+](cn2CCCCCCCCc2ccccc2)CCCCCNC(=O)[C@H]([C@@H](C)OP=O)NC(=O)[C@H](CO)NC1=O. The van der Waals surface area contributed by atoms with Gasteiger partial charge in [0.15, 0.2) is 0 Å². The minimum absolute atomic E-state index is 0.0192. The lowest BCUT2D eigenvalue weighted by Gasteiger charge is -2.28. The molecule has 1 unspecified atom stereocenters. The second-order valence-electron chi connectivity index (χ2n) is 17.3. The summed E-state index contributed by atoms with van der Waals surface area (Å²) in [4.78, 5) is 82.8. The number of likely N-dealkylation sites (tertiary alicyclic amines) is 1. The first kappa shape index (κ1) is 50.9. The molecule has 1 aromatic heterocycles. The van der Waals surface area contributed by atoms with Gasteiger partial charge in [0.05, 0.1) is 25.8 Å². The standard InChI is InChI=1S/C45H69N8O9P/c1-31(2)26-36(48-44(59)39-21-17-25-53(39)33(4)55)41(56)47-37-27-35-28-51(30-52(35)24-16-8-6-5-7-11-18-34-19-12-9-13-20-34)23-15-10-14-22-46-45(60)40(32(3)62-63-61)50-43(58)38(29-54)49-42(37)57/h9,12-13,19-20,28,30-32,36-40,54H,5-8,10-11,14-18,21-27,29H2,1-4H3,(H4-,46,47,48,49,50,56,57,58,59,60)/p+1/t32-,36+,37?,38+,39+,40+/m1/s1. The first-order valence-electron chi connectivity index (χ1n) is 22.8. The fourth-order valence-corrected chi connectivity index (χ4v) is 8.51. The minimum Gasteiger partial charge on any atom is -0.394 e. The second kappa shape index (κ2) is 26.8. The van der Waals surface area contributed by atoms with Gasteiger partial charge in [-0.1, -0.05) is 63.4 Å². The summed E-state index contributed by atoms with van der Waals surface area (Å²) in [6.07, 6.45) is 14.0. The Hall–Kier alpha value is -4.73. The largest absolute Gasteiger partial charge is 0.394 e. The van der Waals surface area contributed by atoms with E-state index in [1.165, 1.54) is 24.3 Å². The molecule has 6 amide bonds. The van der Waals surface area contributed by atoms with Crippen LogP contribution >= 0.6 is 8.69 Å². The number of hydrogen-bond donors (Lipinski definition) is 6. The zero-order chi connectivity index (χ0) is 45.7. The van der Waals surface area contributed by atoms with Gasteiger partial charge in [-0.15, -0.1) is 0 Å². The molecule has 0 radical (unpaired) electrons. The number of rotatable bonds is 19. The van der Waals surface area contributed by atoms with Gasteiger partial charge >= 0.3 is 8.69 Å². The van der Waals surface area contributed by atoms with Crippen LogP contribution in [0.4, 0.5) is 0 Å². The molecule has 348 valence electrons. The van der Waals surface area contributed by atoms with Crippen LogP contribution < -0.4 is 31.2 Å². The summed E-state index contributed by atoms with van der Waals surface area (Å²) in [5.41, 5.74) is 2.12. The van der Waals surface area contributed by atoms with Crippen LogP contribution in [0.3, 0.4) is 0 Å². The van der Waals surface area contributed by atoms with E-state index in [1.807, 2.05) is 32.4 Å². The topological polar surface area (TPSA) is 221 Å². The van der Waals surface area contributed by atoms with Crippen LogP contribution in [0.25, 0.3) is 0 Å². The lowest BCUT2D eigenvalue weighted by atomic mass is 10.0. The van der Waals surface area contributed by atoms with E-state index >= 15 is 0 Å². The summed E-state index contributed by atoms with van der Waals surface area (Å²) in [5.74, 6) is -3.58. The summed E-state index contributed by atoms with van der Waals surface area (Å²) in [6, 6.07) is 4.62. The molecule has 18 heteroatoms. The number of carbonyl (C=O) groups is 6. The van der Waals surface area contributed by atoms with Crippen molar-refractivity contribution in [2.45, 2.75) is 167 Å². The van der Waals surface area contributed by atoms with Crippen molar-refractivity contribution in [2.24, 2.45) is 5.92 Å². The van der Waals surface area contributed by atoms with Gasteiger partial charge < -0.3 is 36.6 Å². The third-order valence-electron chi connectivity index (χ3n) is 11.7. The van der Waals surface area contributed by atoms with Crippen molar-refractivity contribution in [3.8, 4) is 0 Å².